The summed E-state index contributed by atoms with van der Waals surface area (Å²) in [5, 5.41) is 6.09. The van der Waals surface area contributed by atoms with Crippen LogP contribution in [0.1, 0.15) is 52.4 Å². The number of para-hydroxylation sites is 1. The summed E-state index contributed by atoms with van der Waals surface area (Å²) in [5.41, 5.74) is 3.19. The molecule has 1 aliphatic heterocycles. The highest BCUT2D eigenvalue weighted by atomic mass is 19.1. The third-order valence-corrected chi connectivity index (χ3v) is 6.77. The van der Waals surface area contributed by atoms with Crippen LogP contribution in [0.3, 0.4) is 0 Å². The molecule has 0 bridgehead atoms. The van der Waals surface area contributed by atoms with Crippen LogP contribution in [0.2, 0.25) is 0 Å². The zero-order valence-corrected chi connectivity index (χ0v) is 19.8. The maximum Gasteiger partial charge on any atom is 0.337 e. The molecule has 0 aromatic heterocycles. The normalized spacial score (nSPS) is 17.9. The van der Waals surface area contributed by atoms with Gasteiger partial charge in [0.15, 0.2) is 0 Å². The van der Waals surface area contributed by atoms with Crippen molar-refractivity contribution in [3.05, 3.63) is 113 Å². The predicted molar refractivity (Wildman–Crippen MR) is 135 cm³/mol. The maximum atomic E-state index is 14.5. The van der Waals surface area contributed by atoms with Crippen LogP contribution in [0.25, 0.3) is 10.8 Å². The Morgan fingerprint density at radius 3 is 2.69 bits per heavy atom. The number of esters is 1. The molecule has 0 fully saturated rings. The number of nitrogens with one attached hydrogen (secondary N) is 1. The van der Waals surface area contributed by atoms with Crippen LogP contribution >= 0.6 is 0 Å². The van der Waals surface area contributed by atoms with Crippen LogP contribution in [0, 0.1) is 5.82 Å². The first kappa shape index (κ1) is 23.1. The standard InChI is InChI=1S/C30H28FNO3/c1-19(25-12-7-9-20-8-3-4-10-26(20)25)32-18-24-17-28(27-11-5-6-13-29(27)35-24)21-14-22(30(33)34-2)16-23(31)15-21/h3-16,19,24,28,32H,17-18H2,1-2H3/t19-,24?,28?/m1/s1. The first-order valence-corrected chi connectivity index (χ1v) is 11.9. The minimum atomic E-state index is -0.548. The maximum absolute atomic E-state index is 14.5. The number of hydrogen-bond donors (Lipinski definition) is 1. The van der Waals surface area contributed by atoms with Gasteiger partial charge < -0.3 is 14.8 Å². The Bertz CT molecular complexity index is 1360. The third kappa shape index (κ3) is 4.77. The molecule has 0 amide bonds. The van der Waals surface area contributed by atoms with Gasteiger partial charge in [-0.15, -0.1) is 0 Å². The number of benzene rings is 4. The molecule has 5 rings (SSSR count). The van der Waals surface area contributed by atoms with Gasteiger partial charge in [-0.3, -0.25) is 0 Å². The average Bonchev–Trinajstić information content (AvgIpc) is 2.90. The summed E-state index contributed by atoms with van der Waals surface area (Å²) in [7, 11) is 1.30. The minimum absolute atomic E-state index is 0.0984. The largest absolute Gasteiger partial charge is 0.489 e. The summed E-state index contributed by atoms with van der Waals surface area (Å²) in [5.74, 6) is -0.310. The summed E-state index contributed by atoms with van der Waals surface area (Å²) in [4.78, 5) is 12.1. The first-order chi connectivity index (χ1) is 17.0. The van der Waals surface area contributed by atoms with Crippen molar-refractivity contribution in [2.75, 3.05) is 13.7 Å². The predicted octanol–water partition coefficient (Wildman–Crippen LogP) is 6.40. The molecule has 1 N–H and O–H groups in total. The summed E-state index contributed by atoms with van der Waals surface area (Å²) < 4.78 is 25.6. The number of methoxy groups -OCH3 is 1. The fourth-order valence-corrected chi connectivity index (χ4v) is 5.03. The van der Waals surface area contributed by atoms with E-state index in [1.165, 1.54) is 35.6 Å². The van der Waals surface area contributed by atoms with Gasteiger partial charge in [0.1, 0.15) is 17.7 Å². The third-order valence-electron chi connectivity index (χ3n) is 6.77. The van der Waals surface area contributed by atoms with Crippen LogP contribution in [0.15, 0.2) is 84.9 Å². The van der Waals surface area contributed by atoms with E-state index in [-0.39, 0.29) is 23.6 Å². The number of carbonyl (C=O) groups excluding carboxylic acids is 1. The smallest absolute Gasteiger partial charge is 0.337 e. The quantitative estimate of drug-likeness (QED) is 0.332. The van der Waals surface area contributed by atoms with E-state index in [4.69, 9.17) is 9.47 Å². The molecule has 4 nitrogen and oxygen atoms in total. The number of fused-ring (bicyclic) bond motifs is 2. The summed E-state index contributed by atoms with van der Waals surface area (Å²) in [6, 6.07) is 27.2. The molecule has 5 heteroatoms. The topological polar surface area (TPSA) is 47.6 Å². The molecule has 35 heavy (non-hydrogen) atoms. The van der Waals surface area contributed by atoms with Gasteiger partial charge >= 0.3 is 5.97 Å². The molecule has 1 aliphatic rings. The highest BCUT2D eigenvalue weighted by molar-refractivity contribution is 5.89. The molecule has 0 saturated heterocycles. The van der Waals surface area contributed by atoms with Crippen molar-refractivity contribution >= 4 is 16.7 Å². The molecule has 0 saturated carbocycles. The van der Waals surface area contributed by atoms with E-state index in [2.05, 4.69) is 54.7 Å². The molecule has 3 atom stereocenters. The molecule has 0 aliphatic carbocycles. The van der Waals surface area contributed by atoms with E-state index >= 15 is 0 Å². The van der Waals surface area contributed by atoms with Crippen molar-refractivity contribution in [3.63, 3.8) is 0 Å². The van der Waals surface area contributed by atoms with E-state index in [1.54, 1.807) is 6.07 Å². The Morgan fingerprint density at radius 2 is 1.83 bits per heavy atom. The van der Waals surface area contributed by atoms with Crippen molar-refractivity contribution in [1.29, 1.82) is 0 Å². The van der Waals surface area contributed by atoms with Gasteiger partial charge in [0.05, 0.1) is 12.7 Å². The Balaban J connectivity index is 1.39. The lowest BCUT2D eigenvalue weighted by Crippen LogP contribution is -2.37. The second-order valence-corrected chi connectivity index (χ2v) is 9.03. The van der Waals surface area contributed by atoms with Crippen LogP contribution in [-0.2, 0) is 4.74 Å². The molecule has 1 heterocycles. The van der Waals surface area contributed by atoms with Gasteiger partial charge in [0, 0.05) is 24.1 Å². The van der Waals surface area contributed by atoms with Crippen molar-refractivity contribution in [1.82, 2.24) is 5.32 Å². The molecule has 0 spiro atoms. The molecule has 4 aromatic carbocycles. The van der Waals surface area contributed by atoms with Crippen LogP contribution < -0.4 is 10.1 Å². The fourth-order valence-electron chi connectivity index (χ4n) is 5.03. The lowest BCUT2D eigenvalue weighted by Gasteiger charge is -2.33. The highest BCUT2D eigenvalue weighted by Crippen LogP contribution is 2.41. The van der Waals surface area contributed by atoms with Gasteiger partial charge in [0.25, 0.3) is 0 Å². The fraction of sp³-hybridized carbons (Fsp3) is 0.233. The molecular formula is C30H28FNO3. The SMILES string of the molecule is COC(=O)c1cc(F)cc(C2CC(CN[C@H](C)c3cccc4ccccc34)Oc3ccccc32)c1. The van der Waals surface area contributed by atoms with Crippen LogP contribution in [0.4, 0.5) is 4.39 Å². The Morgan fingerprint density at radius 1 is 1.06 bits per heavy atom. The lowest BCUT2D eigenvalue weighted by atomic mass is 9.83. The van der Waals surface area contributed by atoms with Gasteiger partial charge in [-0.05, 0) is 59.5 Å². The number of ether oxygens (including phenoxy) is 2. The van der Waals surface area contributed by atoms with Crippen molar-refractivity contribution in [3.8, 4) is 5.75 Å². The van der Waals surface area contributed by atoms with Gasteiger partial charge in [0.2, 0.25) is 0 Å². The molecule has 4 aromatic rings. The van der Waals surface area contributed by atoms with E-state index in [1.807, 2.05) is 24.3 Å². The Kier molecular flexibility index (Phi) is 6.51. The van der Waals surface area contributed by atoms with Crippen molar-refractivity contribution in [2.24, 2.45) is 0 Å². The summed E-state index contributed by atoms with van der Waals surface area (Å²) in [6.45, 7) is 2.79. The number of rotatable bonds is 6. The van der Waals surface area contributed by atoms with Gasteiger partial charge in [-0.1, -0.05) is 60.7 Å². The van der Waals surface area contributed by atoms with E-state index in [9.17, 15) is 9.18 Å². The average molecular weight is 470 g/mol. The summed E-state index contributed by atoms with van der Waals surface area (Å²) >= 11 is 0. The molecule has 2 unspecified atom stereocenters. The van der Waals surface area contributed by atoms with Crippen molar-refractivity contribution in [2.45, 2.75) is 31.4 Å². The zero-order valence-electron chi connectivity index (χ0n) is 19.8. The monoisotopic (exact) mass is 469 g/mol. The zero-order chi connectivity index (χ0) is 24.4. The van der Waals surface area contributed by atoms with E-state index in [0.717, 1.165) is 16.9 Å². The summed E-state index contributed by atoms with van der Waals surface area (Å²) in [6.07, 6.45) is 0.549. The molecule has 178 valence electrons. The Hall–Kier alpha value is -3.70. The minimum Gasteiger partial charge on any atom is -0.489 e. The first-order valence-electron chi connectivity index (χ1n) is 11.9. The number of halogens is 1. The molecule has 0 radical (unpaired) electrons. The second kappa shape index (κ2) is 9.88. The van der Waals surface area contributed by atoms with Gasteiger partial charge in [-0.2, -0.15) is 0 Å². The molecular weight excluding hydrogens is 441 g/mol. The van der Waals surface area contributed by atoms with Crippen LogP contribution in [0.5, 0.6) is 5.75 Å². The van der Waals surface area contributed by atoms with Gasteiger partial charge in [-0.25, -0.2) is 9.18 Å². The lowest BCUT2D eigenvalue weighted by molar-refractivity contribution is 0.0600. The Labute approximate surface area is 204 Å². The second-order valence-electron chi connectivity index (χ2n) is 9.03. The van der Waals surface area contributed by atoms with E-state index < -0.39 is 11.8 Å². The number of carbonyl (C=O) groups is 1. The van der Waals surface area contributed by atoms with E-state index in [0.29, 0.717) is 13.0 Å². The van der Waals surface area contributed by atoms with Crippen LogP contribution in [-0.4, -0.2) is 25.7 Å². The van der Waals surface area contributed by atoms with Crippen molar-refractivity contribution < 1.29 is 18.7 Å². The highest BCUT2D eigenvalue weighted by Gasteiger charge is 2.30. The number of hydrogen-bond acceptors (Lipinski definition) is 4.